The van der Waals surface area contributed by atoms with Gasteiger partial charge in [-0.1, -0.05) is 60.7 Å². The lowest BCUT2D eigenvalue weighted by molar-refractivity contribution is -0.387. The molecule has 1 N–H and O–H groups in total. The normalized spacial score (nSPS) is 11.3. The van der Waals surface area contributed by atoms with Gasteiger partial charge in [0.05, 0.1) is 30.3 Å². The van der Waals surface area contributed by atoms with Crippen molar-refractivity contribution in [3.63, 3.8) is 0 Å². The molecule has 0 saturated carbocycles. The highest BCUT2D eigenvalue weighted by molar-refractivity contribution is 7.89. The second kappa shape index (κ2) is 9.86. The van der Waals surface area contributed by atoms with E-state index in [1.807, 2.05) is 60.7 Å². The Morgan fingerprint density at radius 1 is 1.03 bits per heavy atom. The summed E-state index contributed by atoms with van der Waals surface area (Å²) in [5.41, 5.74) is 2.59. The molecule has 0 aliphatic rings. The largest absolute Gasteiger partial charge is 0.497 e. The van der Waals surface area contributed by atoms with Crippen molar-refractivity contribution in [1.29, 1.82) is 0 Å². The molecule has 0 radical (unpaired) electrons. The molecule has 0 unspecified atom stereocenters. The van der Waals surface area contributed by atoms with Crippen molar-refractivity contribution in [2.75, 3.05) is 7.11 Å². The third kappa shape index (κ3) is 5.13. The van der Waals surface area contributed by atoms with E-state index in [0.717, 1.165) is 23.3 Å². The van der Waals surface area contributed by atoms with Crippen molar-refractivity contribution >= 4 is 15.7 Å². The number of nitro groups is 1. The molecule has 4 rings (SSSR count). The van der Waals surface area contributed by atoms with E-state index in [2.05, 4.69) is 9.82 Å². The first-order valence-electron chi connectivity index (χ1n) is 10.3. The number of rotatable bonds is 9. The Hall–Kier alpha value is -4.02. The van der Waals surface area contributed by atoms with Gasteiger partial charge in [-0.05, 0) is 17.7 Å². The van der Waals surface area contributed by atoms with Gasteiger partial charge in [0.2, 0.25) is 10.0 Å². The topological polar surface area (TPSA) is 116 Å². The minimum atomic E-state index is -4.19. The van der Waals surface area contributed by atoms with Gasteiger partial charge in [0.25, 0.3) is 5.69 Å². The van der Waals surface area contributed by atoms with Gasteiger partial charge in [-0.15, -0.1) is 0 Å². The average molecular weight is 479 g/mol. The van der Waals surface area contributed by atoms with Crippen LogP contribution in [0.4, 0.5) is 5.69 Å². The van der Waals surface area contributed by atoms with Crippen LogP contribution in [-0.2, 0) is 23.1 Å². The van der Waals surface area contributed by atoms with Crippen molar-refractivity contribution in [2.45, 2.75) is 18.0 Å². The minimum Gasteiger partial charge on any atom is -0.497 e. The van der Waals surface area contributed by atoms with Gasteiger partial charge >= 0.3 is 0 Å². The van der Waals surface area contributed by atoms with E-state index in [9.17, 15) is 18.5 Å². The zero-order chi connectivity index (χ0) is 24.1. The molecule has 4 aromatic rings. The Morgan fingerprint density at radius 3 is 2.35 bits per heavy atom. The van der Waals surface area contributed by atoms with Crippen LogP contribution in [0.5, 0.6) is 5.75 Å². The van der Waals surface area contributed by atoms with Crippen molar-refractivity contribution in [3.8, 4) is 17.0 Å². The smallest absolute Gasteiger partial charge is 0.293 e. The predicted octanol–water partition coefficient (Wildman–Crippen LogP) is 3.99. The maximum Gasteiger partial charge on any atom is 0.293 e. The Balaban J connectivity index is 1.65. The van der Waals surface area contributed by atoms with Gasteiger partial charge in [0.1, 0.15) is 5.75 Å². The highest BCUT2D eigenvalue weighted by atomic mass is 32.2. The number of sulfonamides is 1. The molecule has 0 saturated heterocycles. The van der Waals surface area contributed by atoms with Gasteiger partial charge in [-0.3, -0.25) is 14.8 Å². The molecule has 10 heteroatoms. The highest BCUT2D eigenvalue weighted by Crippen LogP contribution is 2.29. The first-order valence-corrected chi connectivity index (χ1v) is 11.8. The zero-order valence-corrected chi connectivity index (χ0v) is 19.1. The van der Waals surface area contributed by atoms with Crippen LogP contribution in [0.25, 0.3) is 11.3 Å². The fourth-order valence-corrected chi connectivity index (χ4v) is 4.68. The molecule has 9 nitrogen and oxygen atoms in total. The molecule has 0 aliphatic heterocycles. The average Bonchev–Trinajstić information content (AvgIpc) is 3.26. The molecule has 34 heavy (non-hydrogen) atoms. The first-order chi connectivity index (χ1) is 16.4. The summed E-state index contributed by atoms with van der Waals surface area (Å²) in [6.45, 7) is 0.419. The van der Waals surface area contributed by atoms with Gasteiger partial charge in [0.15, 0.2) is 4.90 Å². The van der Waals surface area contributed by atoms with Crippen LogP contribution in [0.2, 0.25) is 0 Å². The minimum absolute atomic E-state index is 0.0927. The Morgan fingerprint density at radius 2 is 1.71 bits per heavy atom. The second-order valence-corrected chi connectivity index (χ2v) is 9.20. The van der Waals surface area contributed by atoms with E-state index < -0.39 is 25.5 Å². The standard InChI is InChI=1S/C24H22N4O5S/c1-33-21-12-13-23(22(14-21)28(29)30)34(31,32)25-15-20-17-27(16-18-8-4-2-5-9-18)26-24(20)19-10-6-3-7-11-19/h2-14,17,25H,15-16H2,1H3. The first kappa shape index (κ1) is 23.1. The molecule has 174 valence electrons. The SMILES string of the molecule is COc1ccc(S(=O)(=O)NCc2cn(Cc3ccccc3)nc2-c2ccccc2)c([N+](=O)[O-])c1. The zero-order valence-electron chi connectivity index (χ0n) is 18.3. The van der Waals surface area contributed by atoms with Crippen molar-refractivity contribution < 1.29 is 18.1 Å². The number of ether oxygens (including phenoxy) is 1. The monoisotopic (exact) mass is 478 g/mol. The van der Waals surface area contributed by atoms with Gasteiger partial charge < -0.3 is 4.74 Å². The van der Waals surface area contributed by atoms with Crippen molar-refractivity contribution in [3.05, 3.63) is 106 Å². The Kier molecular flexibility index (Phi) is 6.71. The fraction of sp³-hybridized carbons (Fsp3) is 0.125. The Labute approximate surface area is 196 Å². The summed E-state index contributed by atoms with van der Waals surface area (Å²) in [4.78, 5) is 10.3. The fourth-order valence-electron chi connectivity index (χ4n) is 3.53. The summed E-state index contributed by atoms with van der Waals surface area (Å²) in [7, 11) is -2.84. The van der Waals surface area contributed by atoms with Crippen LogP contribution < -0.4 is 9.46 Å². The van der Waals surface area contributed by atoms with Crippen LogP contribution in [0.3, 0.4) is 0 Å². The lowest BCUT2D eigenvalue weighted by Gasteiger charge is -2.09. The van der Waals surface area contributed by atoms with E-state index in [-0.39, 0.29) is 12.3 Å². The Bertz CT molecular complexity index is 1400. The number of nitro benzene ring substituents is 1. The number of methoxy groups -OCH3 is 1. The summed E-state index contributed by atoms with van der Waals surface area (Å²) in [6.07, 6.45) is 1.78. The molecule has 0 atom stereocenters. The molecule has 1 aromatic heterocycles. The van der Waals surface area contributed by atoms with E-state index in [4.69, 9.17) is 4.74 Å². The van der Waals surface area contributed by atoms with Crippen LogP contribution >= 0.6 is 0 Å². The predicted molar refractivity (Wildman–Crippen MR) is 127 cm³/mol. The lowest BCUT2D eigenvalue weighted by Crippen LogP contribution is -2.24. The lowest BCUT2D eigenvalue weighted by atomic mass is 10.1. The maximum absolute atomic E-state index is 13.0. The third-order valence-electron chi connectivity index (χ3n) is 5.18. The summed E-state index contributed by atoms with van der Waals surface area (Å²) in [6, 6.07) is 22.8. The van der Waals surface area contributed by atoms with Gasteiger partial charge in [0, 0.05) is 23.9 Å². The summed E-state index contributed by atoms with van der Waals surface area (Å²) in [5, 5.41) is 16.1. The number of aromatic nitrogens is 2. The molecule has 0 spiro atoms. The molecule has 3 aromatic carbocycles. The summed E-state index contributed by atoms with van der Waals surface area (Å²) in [5.74, 6) is 0.194. The number of hydrogen-bond acceptors (Lipinski definition) is 6. The molecule has 0 amide bonds. The molecule has 0 bridgehead atoms. The van der Waals surface area contributed by atoms with Crippen LogP contribution in [-0.4, -0.2) is 30.2 Å². The maximum atomic E-state index is 13.0. The summed E-state index contributed by atoms with van der Waals surface area (Å²) >= 11 is 0. The summed E-state index contributed by atoms with van der Waals surface area (Å²) < 4.78 is 35.2. The number of nitrogens with zero attached hydrogens (tertiary/aromatic N) is 3. The quantitative estimate of drug-likeness (QED) is 0.287. The third-order valence-corrected chi connectivity index (χ3v) is 6.63. The van der Waals surface area contributed by atoms with E-state index >= 15 is 0 Å². The number of hydrogen-bond donors (Lipinski definition) is 1. The van der Waals surface area contributed by atoms with Crippen molar-refractivity contribution in [1.82, 2.24) is 14.5 Å². The number of benzene rings is 3. The molecular weight excluding hydrogens is 456 g/mol. The number of nitrogens with one attached hydrogen (secondary N) is 1. The van der Waals surface area contributed by atoms with Gasteiger partial charge in [-0.2, -0.15) is 5.10 Å². The molecule has 1 heterocycles. The van der Waals surface area contributed by atoms with Gasteiger partial charge in [-0.25, -0.2) is 13.1 Å². The van der Waals surface area contributed by atoms with Crippen molar-refractivity contribution in [2.24, 2.45) is 0 Å². The highest BCUT2D eigenvalue weighted by Gasteiger charge is 2.27. The van der Waals surface area contributed by atoms with Crippen LogP contribution in [0, 0.1) is 10.1 Å². The van der Waals surface area contributed by atoms with E-state index in [1.165, 1.54) is 13.2 Å². The van der Waals surface area contributed by atoms with Crippen LogP contribution in [0.15, 0.2) is 90.0 Å². The molecule has 0 fully saturated rings. The van der Waals surface area contributed by atoms with Crippen LogP contribution in [0.1, 0.15) is 11.1 Å². The van der Waals surface area contributed by atoms with E-state index in [1.54, 1.807) is 10.9 Å². The molecule has 0 aliphatic carbocycles. The van der Waals surface area contributed by atoms with E-state index in [0.29, 0.717) is 17.8 Å². The molecular formula is C24H22N4O5S. The second-order valence-electron chi connectivity index (χ2n) is 7.47.